The lowest BCUT2D eigenvalue weighted by Gasteiger charge is -2.28. The number of likely N-dealkylation sites (N-methyl/N-ethyl adjacent to an activating group) is 1. The fourth-order valence-electron chi connectivity index (χ4n) is 4.08. The zero-order chi connectivity index (χ0) is 30.8. The molecule has 242 valence electrons. The summed E-state index contributed by atoms with van der Waals surface area (Å²) in [5.74, 6) is -1.03. The van der Waals surface area contributed by atoms with Gasteiger partial charge in [0.25, 0.3) is 7.82 Å². The first-order chi connectivity index (χ1) is 19.4. The van der Waals surface area contributed by atoms with E-state index in [1.165, 1.54) is 77.6 Å². The Hall–Kier alpha value is -1.25. The number of rotatable bonds is 28. The lowest BCUT2D eigenvalue weighted by atomic mass is 10.1. The molecule has 0 saturated carbocycles. The van der Waals surface area contributed by atoms with Crippen LogP contribution in [0.5, 0.6) is 0 Å². The summed E-state index contributed by atoms with van der Waals surface area (Å²) in [6, 6.07) is 0. The summed E-state index contributed by atoms with van der Waals surface area (Å²) in [5.41, 5.74) is 0. The molecule has 0 aliphatic heterocycles. The number of quaternary nitrogens is 1. The second-order valence-corrected chi connectivity index (χ2v) is 13.3. The predicted octanol–water partition coefficient (Wildman–Crippen LogP) is 6.88. The van der Waals surface area contributed by atoms with Crippen LogP contribution < -0.4 is 4.89 Å². The van der Waals surface area contributed by atoms with E-state index in [4.69, 9.17) is 18.5 Å². The average molecular weight is 606 g/mol. The molecule has 0 fully saturated rings. The van der Waals surface area contributed by atoms with Crippen LogP contribution >= 0.6 is 7.82 Å². The zero-order valence-electron chi connectivity index (χ0n) is 26.7. The summed E-state index contributed by atoms with van der Waals surface area (Å²) in [7, 11) is 1.15. The first-order valence-corrected chi connectivity index (χ1v) is 17.3. The Labute approximate surface area is 250 Å². The van der Waals surface area contributed by atoms with Gasteiger partial charge >= 0.3 is 11.9 Å². The Bertz CT molecular complexity index is 738. The van der Waals surface area contributed by atoms with Gasteiger partial charge in [0.05, 0.1) is 27.7 Å². The molecule has 0 bridgehead atoms. The Morgan fingerprint density at radius 2 is 1.29 bits per heavy atom. The van der Waals surface area contributed by atoms with Crippen LogP contribution in [0.15, 0.2) is 12.2 Å². The number of esters is 2. The monoisotopic (exact) mass is 605 g/mol. The minimum Gasteiger partial charge on any atom is -0.756 e. The van der Waals surface area contributed by atoms with Crippen LogP contribution in [-0.4, -0.2) is 70.0 Å². The van der Waals surface area contributed by atoms with Gasteiger partial charge in [0.2, 0.25) is 0 Å². The normalized spacial score (nSPS) is 14.2. The number of unbranched alkanes of at least 4 members (excludes halogenated alkanes) is 14. The molecule has 0 aromatic rings. The van der Waals surface area contributed by atoms with Crippen LogP contribution in [0, 0.1) is 0 Å². The van der Waals surface area contributed by atoms with Gasteiger partial charge in [0.1, 0.15) is 19.8 Å². The second kappa shape index (κ2) is 25.3. The van der Waals surface area contributed by atoms with E-state index in [2.05, 4.69) is 19.1 Å². The van der Waals surface area contributed by atoms with Crippen LogP contribution in [0.1, 0.15) is 123 Å². The third-order valence-electron chi connectivity index (χ3n) is 6.59. The quantitative estimate of drug-likeness (QED) is 0.0312. The molecule has 0 heterocycles. The van der Waals surface area contributed by atoms with Crippen LogP contribution in [-0.2, 0) is 32.7 Å². The van der Waals surface area contributed by atoms with Crippen molar-refractivity contribution in [3.63, 3.8) is 0 Å². The lowest BCUT2D eigenvalue weighted by molar-refractivity contribution is -0.870. The number of phosphoric acid groups is 1. The van der Waals surface area contributed by atoms with E-state index in [0.717, 1.165) is 25.7 Å². The standard InChI is InChI=1S/C31H60NO8P/c1-6-7-8-9-10-11-12-13-14-15-16-17-18-19-20-21-22-23-24-31(34)40-30(27-37-29(2)33)28-39-41(35,36)38-26-25-32(3,4)5/h14-15,30H,6-13,16-28H2,1-5H3/b15-14-. The average Bonchev–Trinajstić information content (AvgIpc) is 2.88. The molecule has 2 unspecified atom stereocenters. The minimum absolute atomic E-state index is 0.0327. The highest BCUT2D eigenvalue weighted by atomic mass is 31.2. The van der Waals surface area contributed by atoms with Gasteiger partial charge in [-0.2, -0.15) is 0 Å². The Morgan fingerprint density at radius 1 is 0.780 bits per heavy atom. The van der Waals surface area contributed by atoms with Gasteiger partial charge in [-0.05, 0) is 32.1 Å². The van der Waals surface area contributed by atoms with E-state index in [1.807, 2.05) is 21.1 Å². The highest BCUT2D eigenvalue weighted by Crippen LogP contribution is 2.38. The van der Waals surface area contributed by atoms with E-state index in [0.29, 0.717) is 17.4 Å². The van der Waals surface area contributed by atoms with Gasteiger partial charge in [-0.3, -0.25) is 14.2 Å². The molecule has 0 radical (unpaired) electrons. The van der Waals surface area contributed by atoms with E-state index in [9.17, 15) is 19.0 Å². The largest absolute Gasteiger partial charge is 0.756 e. The van der Waals surface area contributed by atoms with Crippen molar-refractivity contribution in [1.29, 1.82) is 0 Å². The second-order valence-electron chi connectivity index (χ2n) is 11.9. The molecule has 0 N–H and O–H groups in total. The first-order valence-electron chi connectivity index (χ1n) is 15.8. The van der Waals surface area contributed by atoms with Crippen molar-refractivity contribution in [2.75, 3.05) is 47.5 Å². The molecular weight excluding hydrogens is 545 g/mol. The van der Waals surface area contributed by atoms with Crippen LogP contribution in [0.4, 0.5) is 0 Å². The molecule has 2 atom stereocenters. The Kier molecular flexibility index (Phi) is 24.5. The summed E-state index contributed by atoms with van der Waals surface area (Å²) >= 11 is 0. The summed E-state index contributed by atoms with van der Waals surface area (Å²) in [6.07, 6.45) is 23.2. The molecule has 0 saturated heterocycles. The van der Waals surface area contributed by atoms with Gasteiger partial charge in [-0.1, -0.05) is 89.7 Å². The van der Waals surface area contributed by atoms with E-state index < -0.39 is 32.5 Å². The molecule has 0 aromatic carbocycles. The highest BCUT2D eigenvalue weighted by Gasteiger charge is 2.21. The molecule has 0 spiro atoms. The van der Waals surface area contributed by atoms with Gasteiger partial charge in [0, 0.05) is 13.3 Å². The van der Waals surface area contributed by atoms with Crippen molar-refractivity contribution in [2.24, 2.45) is 0 Å². The number of allylic oxidation sites excluding steroid dienone is 2. The molecule has 41 heavy (non-hydrogen) atoms. The van der Waals surface area contributed by atoms with Crippen LogP contribution in [0.3, 0.4) is 0 Å². The first kappa shape index (κ1) is 39.8. The minimum atomic E-state index is -4.58. The van der Waals surface area contributed by atoms with E-state index in [-0.39, 0.29) is 19.6 Å². The molecule has 0 aromatic heterocycles. The molecule has 0 aliphatic carbocycles. The van der Waals surface area contributed by atoms with Crippen molar-refractivity contribution in [1.82, 2.24) is 0 Å². The maximum absolute atomic E-state index is 12.3. The van der Waals surface area contributed by atoms with Crippen molar-refractivity contribution in [3.8, 4) is 0 Å². The van der Waals surface area contributed by atoms with Gasteiger partial charge < -0.3 is 27.9 Å². The summed E-state index contributed by atoms with van der Waals surface area (Å²) < 4.78 is 32.5. The molecule has 0 amide bonds. The summed E-state index contributed by atoms with van der Waals surface area (Å²) in [4.78, 5) is 35.5. The smallest absolute Gasteiger partial charge is 0.306 e. The third-order valence-corrected chi connectivity index (χ3v) is 7.56. The zero-order valence-corrected chi connectivity index (χ0v) is 27.6. The maximum atomic E-state index is 12.3. The highest BCUT2D eigenvalue weighted by molar-refractivity contribution is 7.45. The number of nitrogens with zero attached hydrogens (tertiary/aromatic N) is 1. The van der Waals surface area contributed by atoms with E-state index >= 15 is 0 Å². The Balaban J connectivity index is 3.94. The summed E-state index contributed by atoms with van der Waals surface area (Å²) in [6.45, 7) is 3.16. The predicted molar refractivity (Wildman–Crippen MR) is 162 cm³/mol. The van der Waals surface area contributed by atoms with Crippen molar-refractivity contribution in [3.05, 3.63) is 12.2 Å². The molecular formula is C31H60NO8P. The Morgan fingerprint density at radius 3 is 1.80 bits per heavy atom. The van der Waals surface area contributed by atoms with Crippen molar-refractivity contribution in [2.45, 2.75) is 129 Å². The van der Waals surface area contributed by atoms with Crippen LogP contribution in [0.2, 0.25) is 0 Å². The van der Waals surface area contributed by atoms with Crippen molar-refractivity contribution < 1.29 is 42.1 Å². The maximum Gasteiger partial charge on any atom is 0.306 e. The van der Waals surface area contributed by atoms with Crippen LogP contribution in [0.25, 0.3) is 0 Å². The SMILES string of the molecule is CCCCCCCCC/C=C\CCCCCCCCCC(=O)OC(COC(C)=O)COP(=O)([O-])OCC[N+](C)(C)C. The number of hydrogen-bond donors (Lipinski definition) is 0. The third kappa shape index (κ3) is 30.0. The molecule has 10 heteroatoms. The van der Waals surface area contributed by atoms with Gasteiger partial charge in [-0.15, -0.1) is 0 Å². The molecule has 0 rings (SSSR count). The number of carbonyl (C=O) groups excluding carboxylic acids is 2. The fraction of sp³-hybridized carbons (Fsp3) is 0.871. The lowest BCUT2D eigenvalue weighted by Crippen LogP contribution is -2.37. The van der Waals surface area contributed by atoms with Gasteiger partial charge in [0.15, 0.2) is 6.10 Å². The van der Waals surface area contributed by atoms with Crippen molar-refractivity contribution >= 4 is 19.8 Å². The molecule has 9 nitrogen and oxygen atoms in total. The summed E-state index contributed by atoms with van der Waals surface area (Å²) in [5, 5.41) is 0. The van der Waals surface area contributed by atoms with E-state index in [1.54, 1.807) is 0 Å². The number of carbonyl (C=O) groups is 2. The fourth-order valence-corrected chi connectivity index (χ4v) is 4.81. The number of ether oxygens (including phenoxy) is 2. The number of phosphoric ester groups is 1. The topological polar surface area (TPSA) is 111 Å². The van der Waals surface area contributed by atoms with Gasteiger partial charge in [-0.25, -0.2) is 0 Å². The number of hydrogen-bond acceptors (Lipinski definition) is 8. The molecule has 0 aliphatic rings.